The molecule has 2 saturated heterocycles. The quantitative estimate of drug-likeness (QED) is 0.187. The van der Waals surface area contributed by atoms with Crippen LogP contribution >= 0.6 is 0 Å². The molecule has 0 radical (unpaired) electrons. The van der Waals surface area contributed by atoms with E-state index in [1.54, 1.807) is 30.9 Å². The van der Waals surface area contributed by atoms with Gasteiger partial charge in [-0.25, -0.2) is 19.9 Å². The third-order valence-electron chi connectivity index (χ3n) is 11.1. The van der Waals surface area contributed by atoms with Crippen molar-refractivity contribution < 1.29 is 24.0 Å². The second-order valence-electron chi connectivity index (χ2n) is 14.6. The molecule has 3 N–H and O–H groups in total. The molecule has 56 heavy (non-hydrogen) atoms. The van der Waals surface area contributed by atoms with Crippen LogP contribution in [-0.2, 0) is 16.1 Å². The van der Waals surface area contributed by atoms with Gasteiger partial charge >= 0.3 is 0 Å². The van der Waals surface area contributed by atoms with Crippen LogP contribution in [0.1, 0.15) is 74.2 Å². The summed E-state index contributed by atoms with van der Waals surface area (Å²) in [6, 6.07) is 18.2. The number of hydrogen-bond donors (Lipinski definition) is 3. The van der Waals surface area contributed by atoms with Crippen molar-refractivity contribution in [1.29, 1.82) is 0 Å². The summed E-state index contributed by atoms with van der Waals surface area (Å²) in [5, 5.41) is 8.76. The summed E-state index contributed by atoms with van der Waals surface area (Å²) in [5.41, 5.74) is 6.09. The largest absolute Gasteiger partial charge is 0.368 e. The third-order valence-corrected chi connectivity index (χ3v) is 11.1. The molecule has 16 heteroatoms. The van der Waals surface area contributed by atoms with Crippen LogP contribution in [0.4, 0.5) is 17.2 Å². The molecular formula is C40H39N11O5. The molecule has 284 valence electrons. The van der Waals surface area contributed by atoms with Crippen molar-refractivity contribution in [1.82, 2.24) is 40.0 Å². The maximum atomic E-state index is 13.6. The Balaban J connectivity index is 0.792. The molecule has 0 spiro atoms. The highest BCUT2D eigenvalue weighted by atomic mass is 16.2. The average molecular weight is 754 g/mol. The van der Waals surface area contributed by atoms with Crippen LogP contribution in [0.2, 0.25) is 0 Å². The lowest BCUT2D eigenvalue weighted by atomic mass is 9.86. The fraction of sp³-hybridized carbons (Fsp3) is 0.325. The first-order chi connectivity index (χ1) is 27.2. The van der Waals surface area contributed by atoms with Gasteiger partial charge in [-0.2, -0.15) is 0 Å². The van der Waals surface area contributed by atoms with Gasteiger partial charge in [0.1, 0.15) is 23.6 Å². The van der Waals surface area contributed by atoms with E-state index in [9.17, 15) is 24.0 Å². The van der Waals surface area contributed by atoms with Crippen molar-refractivity contribution in [3.8, 4) is 0 Å². The van der Waals surface area contributed by atoms with Gasteiger partial charge in [0, 0.05) is 62.6 Å². The first-order valence-corrected chi connectivity index (χ1v) is 18.8. The summed E-state index contributed by atoms with van der Waals surface area (Å²) in [7, 11) is 0. The van der Waals surface area contributed by atoms with Gasteiger partial charge in [0.25, 0.3) is 17.7 Å². The Bertz CT molecular complexity index is 2400. The number of aromatic nitrogens is 5. The maximum absolute atomic E-state index is 13.6. The zero-order valence-corrected chi connectivity index (χ0v) is 30.6. The van der Waals surface area contributed by atoms with Crippen molar-refractivity contribution in [2.75, 3.05) is 41.3 Å². The van der Waals surface area contributed by atoms with Gasteiger partial charge < -0.3 is 25.0 Å². The number of benzene rings is 2. The highest BCUT2D eigenvalue weighted by molar-refractivity contribution is 6.25. The number of anilines is 3. The summed E-state index contributed by atoms with van der Waals surface area (Å²) in [4.78, 5) is 87.2. The van der Waals surface area contributed by atoms with Crippen LogP contribution < -0.4 is 25.8 Å². The molecule has 1 saturated carbocycles. The molecule has 3 aromatic heterocycles. The van der Waals surface area contributed by atoms with Crippen molar-refractivity contribution in [3.05, 3.63) is 101 Å². The number of piperazine rings is 1. The smallest absolute Gasteiger partial charge is 0.270 e. The number of rotatable bonds is 9. The minimum Gasteiger partial charge on any atom is -0.368 e. The molecule has 6 heterocycles. The molecular weight excluding hydrogens is 715 g/mol. The minimum atomic E-state index is -1.000. The number of nitrogens with zero attached hydrogens (tertiary/aromatic N) is 8. The average Bonchev–Trinajstić information content (AvgIpc) is 3.73. The zero-order valence-electron chi connectivity index (χ0n) is 30.6. The van der Waals surface area contributed by atoms with Gasteiger partial charge in [0.15, 0.2) is 11.5 Å². The van der Waals surface area contributed by atoms with Crippen molar-refractivity contribution in [3.63, 3.8) is 0 Å². The number of pyridine rings is 1. The molecule has 1 aliphatic carbocycles. The number of carbonyl (C=O) groups excluding carboxylic acids is 5. The van der Waals surface area contributed by atoms with Gasteiger partial charge in [-0.3, -0.25) is 34.2 Å². The number of imide groups is 2. The van der Waals surface area contributed by atoms with Crippen molar-refractivity contribution in [2.24, 2.45) is 0 Å². The van der Waals surface area contributed by atoms with Gasteiger partial charge in [0.2, 0.25) is 11.8 Å². The summed E-state index contributed by atoms with van der Waals surface area (Å²) in [6.07, 6.45) is 5.08. The predicted molar refractivity (Wildman–Crippen MR) is 205 cm³/mol. The van der Waals surface area contributed by atoms with E-state index in [1.165, 1.54) is 0 Å². The Kier molecular flexibility index (Phi) is 8.86. The van der Waals surface area contributed by atoms with Crippen LogP contribution in [0.5, 0.6) is 0 Å². The SMILES string of the molecule is Cc1cccc(C(=O)NC2CC(n3cnc4c(NCc5ccc(N6CCN(c7cccc8c7C(=O)N([C@H]7CCC(=O)NC7=O)C8=O)CC6)cc5)ncnc43)C2)n1. The van der Waals surface area contributed by atoms with E-state index in [1.807, 2.05) is 25.1 Å². The Morgan fingerprint density at radius 2 is 1.64 bits per heavy atom. The lowest BCUT2D eigenvalue weighted by Gasteiger charge is -2.38. The van der Waals surface area contributed by atoms with Gasteiger partial charge in [-0.15, -0.1) is 0 Å². The molecule has 3 fully saturated rings. The lowest BCUT2D eigenvalue weighted by Crippen LogP contribution is -2.54. The topological polar surface area (TPSA) is 188 Å². The Labute approximate surface area is 321 Å². The maximum Gasteiger partial charge on any atom is 0.270 e. The number of carbonyl (C=O) groups is 5. The van der Waals surface area contributed by atoms with E-state index in [4.69, 9.17) is 0 Å². The Hall–Kier alpha value is -6.71. The molecule has 0 unspecified atom stereocenters. The number of imidazole rings is 1. The molecule has 5 amide bonds. The van der Waals surface area contributed by atoms with Crippen LogP contribution in [-0.4, -0.2) is 97.2 Å². The molecule has 16 nitrogen and oxygen atoms in total. The number of nitrogens with one attached hydrogen (secondary N) is 3. The van der Waals surface area contributed by atoms with E-state index in [2.05, 4.69) is 74.5 Å². The summed E-state index contributed by atoms with van der Waals surface area (Å²) in [5.74, 6) is -1.53. The zero-order chi connectivity index (χ0) is 38.5. The highest BCUT2D eigenvalue weighted by Gasteiger charge is 2.46. The molecule has 3 aliphatic heterocycles. The molecule has 9 rings (SSSR count). The number of hydrogen-bond acceptors (Lipinski definition) is 12. The second-order valence-corrected chi connectivity index (χ2v) is 14.6. The standard InChI is InChI=1S/C40H39N11O5/c1-23-4-2-6-29(45-23)37(53)46-25-18-27(19-25)50-22-44-34-35(42-21-43-36(34)50)41-20-24-8-10-26(11-9-24)48-14-16-49(17-15-48)30-7-3-5-28-33(30)40(56)51(39(28)55)31-12-13-32(52)47-38(31)54/h2-11,21-22,25,27,31H,12-20H2,1H3,(H,46,53)(H,41,42,43)(H,47,52,54)/t25?,27?,31-/m0/s1. The first-order valence-electron chi connectivity index (χ1n) is 18.8. The Morgan fingerprint density at radius 1 is 0.875 bits per heavy atom. The number of fused-ring (bicyclic) bond motifs is 2. The van der Waals surface area contributed by atoms with Crippen LogP contribution in [0, 0.1) is 6.92 Å². The second kappa shape index (κ2) is 14.2. The number of piperidine rings is 1. The number of aryl methyl sites for hydroxylation is 1. The molecule has 0 bridgehead atoms. The third kappa shape index (κ3) is 6.35. The fourth-order valence-corrected chi connectivity index (χ4v) is 8.09. The molecule has 4 aliphatic rings. The van der Waals surface area contributed by atoms with Crippen LogP contribution in [0.25, 0.3) is 11.2 Å². The molecule has 5 aromatic rings. The summed E-state index contributed by atoms with van der Waals surface area (Å²) >= 11 is 0. The van der Waals surface area contributed by atoms with Gasteiger partial charge in [0.05, 0.1) is 23.1 Å². The minimum absolute atomic E-state index is 0.0562. The van der Waals surface area contributed by atoms with E-state index in [0.29, 0.717) is 61.0 Å². The highest BCUT2D eigenvalue weighted by Crippen LogP contribution is 2.36. The lowest BCUT2D eigenvalue weighted by molar-refractivity contribution is -0.136. The predicted octanol–water partition coefficient (Wildman–Crippen LogP) is 3.00. The van der Waals surface area contributed by atoms with E-state index in [-0.39, 0.29) is 36.4 Å². The Morgan fingerprint density at radius 3 is 2.41 bits per heavy atom. The van der Waals surface area contributed by atoms with Crippen molar-refractivity contribution >= 4 is 57.9 Å². The van der Waals surface area contributed by atoms with Crippen molar-refractivity contribution in [2.45, 2.75) is 57.3 Å². The molecule has 1 atom stereocenters. The van der Waals surface area contributed by atoms with E-state index in [0.717, 1.165) is 40.3 Å². The summed E-state index contributed by atoms with van der Waals surface area (Å²) < 4.78 is 2.06. The monoisotopic (exact) mass is 753 g/mol. The van der Waals surface area contributed by atoms with E-state index >= 15 is 0 Å². The normalized spacial score (nSPS) is 20.9. The van der Waals surface area contributed by atoms with E-state index < -0.39 is 29.7 Å². The number of amides is 5. The van der Waals surface area contributed by atoms with Crippen LogP contribution in [0.3, 0.4) is 0 Å². The van der Waals surface area contributed by atoms with Gasteiger partial charge in [-0.05, 0) is 68.1 Å². The van der Waals surface area contributed by atoms with Crippen LogP contribution in [0.15, 0.2) is 73.3 Å². The first kappa shape index (κ1) is 35.0. The van der Waals surface area contributed by atoms with Gasteiger partial charge in [-0.1, -0.05) is 24.3 Å². The summed E-state index contributed by atoms with van der Waals surface area (Å²) in [6.45, 7) is 5.10. The molecule has 2 aromatic carbocycles. The fourth-order valence-electron chi connectivity index (χ4n) is 8.09.